The molecule has 10 heteroatoms. The number of anilines is 2. The number of carbonyl (C=O) groups is 1. The van der Waals surface area contributed by atoms with E-state index in [1.807, 2.05) is 0 Å². The summed E-state index contributed by atoms with van der Waals surface area (Å²) in [5.74, 6) is 0.791. The van der Waals surface area contributed by atoms with E-state index in [2.05, 4.69) is 20.5 Å². The molecule has 3 N–H and O–H groups in total. The quantitative estimate of drug-likeness (QED) is 0.336. The molecule has 0 fully saturated rings. The number of hydrogen-bond donors (Lipinski definition) is 3. The SMILES string of the molecule is [C-]#[N+]c1cc2c(Oc3ccc(NC(=O)Nc4cccc(S(C)(=O)=O)c4)cc3)ccnc2cc1O. The third-order valence-electron chi connectivity index (χ3n) is 4.78. The molecule has 34 heavy (non-hydrogen) atoms. The number of aromatic hydroxyl groups is 1. The van der Waals surface area contributed by atoms with Crippen molar-refractivity contribution in [3.63, 3.8) is 0 Å². The number of ether oxygens (including phenoxy) is 1. The van der Waals surface area contributed by atoms with Crippen LogP contribution in [0.4, 0.5) is 21.9 Å². The Bertz CT molecular complexity index is 1540. The fourth-order valence-corrected chi connectivity index (χ4v) is 3.82. The van der Waals surface area contributed by atoms with Crippen molar-refractivity contribution in [1.82, 2.24) is 4.98 Å². The Morgan fingerprint density at radius 3 is 2.47 bits per heavy atom. The second-order valence-corrected chi connectivity index (χ2v) is 9.30. The lowest BCUT2D eigenvalue weighted by Gasteiger charge is -2.11. The van der Waals surface area contributed by atoms with Gasteiger partial charge in [0.2, 0.25) is 5.69 Å². The number of phenols is 1. The summed E-state index contributed by atoms with van der Waals surface area (Å²) in [6.07, 6.45) is 2.63. The number of nitrogens with zero attached hydrogens (tertiary/aromatic N) is 2. The van der Waals surface area contributed by atoms with Crippen molar-refractivity contribution >= 4 is 43.8 Å². The first kappa shape index (κ1) is 22.6. The number of aromatic nitrogens is 1. The summed E-state index contributed by atoms with van der Waals surface area (Å²) in [4.78, 5) is 19.9. The van der Waals surface area contributed by atoms with Crippen LogP contribution in [0, 0.1) is 6.57 Å². The second kappa shape index (κ2) is 9.09. The highest BCUT2D eigenvalue weighted by Gasteiger charge is 2.11. The molecule has 2 amide bonds. The van der Waals surface area contributed by atoms with E-state index in [0.29, 0.717) is 33.8 Å². The number of nitrogens with one attached hydrogen (secondary N) is 2. The molecule has 0 radical (unpaired) electrons. The van der Waals surface area contributed by atoms with E-state index >= 15 is 0 Å². The number of benzene rings is 3. The Kier molecular flexibility index (Phi) is 6.03. The minimum atomic E-state index is -3.39. The minimum absolute atomic E-state index is 0.0954. The van der Waals surface area contributed by atoms with Crippen molar-refractivity contribution in [3.8, 4) is 17.2 Å². The van der Waals surface area contributed by atoms with Crippen LogP contribution in [0.15, 0.2) is 77.8 Å². The van der Waals surface area contributed by atoms with Gasteiger partial charge in [-0.05, 0) is 60.7 Å². The van der Waals surface area contributed by atoms with Crippen LogP contribution < -0.4 is 15.4 Å². The van der Waals surface area contributed by atoms with Crippen LogP contribution in [0.3, 0.4) is 0 Å². The van der Waals surface area contributed by atoms with Crippen LogP contribution in [0.1, 0.15) is 0 Å². The largest absolute Gasteiger partial charge is 0.519 e. The Balaban J connectivity index is 1.46. The lowest BCUT2D eigenvalue weighted by molar-refractivity contribution is 0.262. The average Bonchev–Trinajstić information content (AvgIpc) is 2.79. The van der Waals surface area contributed by atoms with Crippen LogP contribution in [0.5, 0.6) is 17.2 Å². The highest BCUT2D eigenvalue weighted by molar-refractivity contribution is 7.90. The lowest BCUT2D eigenvalue weighted by atomic mass is 10.1. The molecular formula is C24H18N4O5S. The third kappa shape index (κ3) is 5.06. The van der Waals surface area contributed by atoms with E-state index in [0.717, 1.165) is 6.26 Å². The normalized spacial score (nSPS) is 10.9. The van der Waals surface area contributed by atoms with Crippen molar-refractivity contribution in [2.75, 3.05) is 16.9 Å². The number of rotatable bonds is 5. The van der Waals surface area contributed by atoms with Gasteiger partial charge in [-0.2, -0.15) is 0 Å². The fourth-order valence-electron chi connectivity index (χ4n) is 3.15. The van der Waals surface area contributed by atoms with Gasteiger partial charge in [0, 0.05) is 29.2 Å². The van der Waals surface area contributed by atoms with Crippen LogP contribution in [0.2, 0.25) is 0 Å². The van der Waals surface area contributed by atoms with Crippen LogP contribution >= 0.6 is 0 Å². The molecular weight excluding hydrogens is 456 g/mol. The van der Waals surface area contributed by atoms with E-state index in [1.165, 1.54) is 30.5 Å². The molecule has 0 aliphatic rings. The number of carbonyl (C=O) groups excluding carboxylic acids is 1. The molecule has 4 aromatic rings. The third-order valence-corrected chi connectivity index (χ3v) is 5.89. The number of phenolic OH excluding ortho intramolecular Hbond substituents is 1. The molecule has 9 nitrogen and oxygen atoms in total. The van der Waals surface area contributed by atoms with Crippen molar-refractivity contribution in [3.05, 3.63) is 84.3 Å². The predicted molar refractivity (Wildman–Crippen MR) is 128 cm³/mol. The standard InChI is InChI=1S/C24H18N4O5S/c1-25-21-13-19-20(14-22(21)29)26-11-10-23(19)33-17-8-6-15(7-9-17)27-24(30)28-16-4-3-5-18(12-16)34(2,31)32/h3-14,29H,2H3,(H2,27,28,30). The van der Waals surface area contributed by atoms with Gasteiger partial charge >= 0.3 is 6.03 Å². The zero-order valence-electron chi connectivity index (χ0n) is 17.8. The van der Waals surface area contributed by atoms with Crippen molar-refractivity contribution in [2.24, 2.45) is 0 Å². The summed E-state index contributed by atoms with van der Waals surface area (Å²) in [5, 5.41) is 15.7. The van der Waals surface area contributed by atoms with Gasteiger partial charge in [-0.25, -0.2) is 18.1 Å². The topological polar surface area (TPSA) is 122 Å². The van der Waals surface area contributed by atoms with E-state index in [9.17, 15) is 18.3 Å². The summed E-state index contributed by atoms with van der Waals surface area (Å²) < 4.78 is 29.3. The zero-order valence-corrected chi connectivity index (χ0v) is 18.6. The monoisotopic (exact) mass is 474 g/mol. The predicted octanol–water partition coefficient (Wildman–Crippen LogP) is 5.33. The van der Waals surface area contributed by atoms with Gasteiger partial charge in [-0.3, -0.25) is 4.98 Å². The fraction of sp³-hybridized carbons (Fsp3) is 0.0417. The number of hydrogen-bond acceptors (Lipinski definition) is 6. The van der Waals surface area contributed by atoms with Gasteiger partial charge < -0.3 is 20.5 Å². The van der Waals surface area contributed by atoms with Gasteiger partial charge in [0.25, 0.3) is 0 Å². The van der Waals surface area contributed by atoms with Crippen LogP contribution in [0.25, 0.3) is 15.7 Å². The van der Waals surface area contributed by atoms with E-state index in [-0.39, 0.29) is 16.3 Å². The molecule has 4 rings (SSSR count). The zero-order chi connectivity index (χ0) is 24.3. The van der Waals surface area contributed by atoms with Gasteiger partial charge in [0.05, 0.1) is 17.0 Å². The summed E-state index contributed by atoms with van der Waals surface area (Å²) >= 11 is 0. The lowest BCUT2D eigenvalue weighted by Crippen LogP contribution is -2.19. The first-order chi connectivity index (χ1) is 16.2. The van der Waals surface area contributed by atoms with Gasteiger partial charge in [-0.15, -0.1) is 0 Å². The Morgan fingerprint density at radius 2 is 1.76 bits per heavy atom. The van der Waals surface area contributed by atoms with Gasteiger partial charge in [0.15, 0.2) is 9.84 Å². The van der Waals surface area contributed by atoms with Crippen molar-refractivity contribution in [2.45, 2.75) is 4.90 Å². The Hall–Kier alpha value is -4.62. The Morgan fingerprint density at radius 1 is 1.03 bits per heavy atom. The maximum atomic E-state index is 12.3. The molecule has 170 valence electrons. The summed E-state index contributed by atoms with van der Waals surface area (Å²) in [6.45, 7) is 7.18. The molecule has 0 aliphatic heterocycles. The Labute approximate surface area is 195 Å². The number of pyridine rings is 1. The molecule has 0 unspecified atom stereocenters. The molecule has 1 heterocycles. The smallest absolute Gasteiger partial charge is 0.323 e. The second-order valence-electron chi connectivity index (χ2n) is 7.28. The summed E-state index contributed by atoms with van der Waals surface area (Å²) in [6, 6.07) is 16.6. The summed E-state index contributed by atoms with van der Waals surface area (Å²) in [5.41, 5.74) is 1.41. The molecule has 0 saturated carbocycles. The molecule has 0 atom stereocenters. The number of amides is 2. The van der Waals surface area contributed by atoms with E-state index in [1.54, 1.807) is 42.5 Å². The highest BCUT2D eigenvalue weighted by Crippen LogP contribution is 2.36. The average molecular weight is 474 g/mol. The van der Waals surface area contributed by atoms with Crippen molar-refractivity contribution < 1.29 is 23.1 Å². The first-order valence-electron chi connectivity index (χ1n) is 9.88. The summed E-state index contributed by atoms with van der Waals surface area (Å²) in [7, 11) is -3.39. The van der Waals surface area contributed by atoms with Crippen LogP contribution in [-0.2, 0) is 9.84 Å². The molecule has 3 aromatic carbocycles. The van der Waals surface area contributed by atoms with Gasteiger partial charge in [-0.1, -0.05) is 6.07 Å². The number of urea groups is 1. The van der Waals surface area contributed by atoms with E-state index < -0.39 is 15.9 Å². The maximum Gasteiger partial charge on any atom is 0.323 e. The minimum Gasteiger partial charge on any atom is -0.519 e. The van der Waals surface area contributed by atoms with E-state index in [4.69, 9.17) is 11.3 Å². The number of fused-ring (bicyclic) bond motifs is 1. The molecule has 1 aromatic heterocycles. The highest BCUT2D eigenvalue weighted by atomic mass is 32.2. The molecule has 0 spiro atoms. The maximum absolute atomic E-state index is 12.3. The number of sulfone groups is 1. The molecule has 0 bridgehead atoms. The van der Waals surface area contributed by atoms with Crippen LogP contribution in [-0.4, -0.2) is 30.8 Å². The first-order valence-corrected chi connectivity index (χ1v) is 11.8. The molecule has 0 aliphatic carbocycles. The molecule has 0 saturated heterocycles. The van der Waals surface area contributed by atoms with Crippen molar-refractivity contribution in [1.29, 1.82) is 0 Å². The van der Waals surface area contributed by atoms with Gasteiger partial charge in [0.1, 0.15) is 17.2 Å².